The summed E-state index contributed by atoms with van der Waals surface area (Å²) in [5, 5.41) is 0. The van der Waals surface area contributed by atoms with Crippen LogP contribution < -0.4 is 5.73 Å². The first-order valence-corrected chi connectivity index (χ1v) is 7.88. The van der Waals surface area contributed by atoms with Gasteiger partial charge >= 0.3 is 11.8 Å². The molecule has 5 nitrogen and oxygen atoms in total. The van der Waals surface area contributed by atoms with E-state index >= 15 is 0 Å². The first kappa shape index (κ1) is 14.0. The lowest BCUT2D eigenvalue weighted by molar-refractivity contribution is -0.147. The Balaban J connectivity index is 1.96. The van der Waals surface area contributed by atoms with E-state index in [1.54, 1.807) is 16.2 Å². The second-order valence-corrected chi connectivity index (χ2v) is 6.49. The zero-order valence-corrected chi connectivity index (χ0v) is 12.6. The third kappa shape index (κ3) is 2.63. The lowest BCUT2D eigenvalue weighted by Crippen LogP contribution is -2.46. The summed E-state index contributed by atoms with van der Waals surface area (Å²) in [5.41, 5.74) is 8.95. The molecule has 2 amide bonds. The molecule has 1 aliphatic rings. The van der Waals surface area contributed by atoms with E-state index in [-0.39, 0.29) is 6.04 Å². The number of piperidine rings is 1. The van der Waals surface area contributed by atoms with E-state index in [1.807, 2.05) is 23.7 Å². The number of benzene rings is 1. The number of carbonyl (C=O) groups excluding carboxylic acids is 2. The Morgan fingerprint density at radius 3 is 2.95 bits per heavy atom. The van der Waals surface area contributed by atoms with Gasteiger partial charge in [-0.2, -0.15) is 0 Å². The van der Waals surface area contributed by atoms with E-state index < -0.39 is 11.8 Å². The highest BCUT2D eigenvalue weighted by Gasteiger charge is 2.33. The highest BCUT2D eigenvalue weighted by Crippen LogP contribution is 2.34. The third-order valence-electron chi connectivity index (χ3n) is 4.03. The summed E-state index contributed by atoms with van der Waals surface area (Å²) < 4.78 is 1.12. The maximum Gasteiger partial charge on any atom is 0.312 e. The van der Waals surface area contributed by atoms with Crippen molar-refractivity contribution in [2.24, 2.45) is 11.7 Å². The van der Waals surface area contributed by atoms with Crippen LogP contribution in [0.25, 0.3) is 10.2 Å². The molecule has 1 aromatic carbocycles. The zero-order chi connectivity index (χ0) is 15.0. The molecule has 110 valence electrons. The number of amides is 2. The molecule has 2 unspecified atom stereocenters. The minimum absolute atomic E-state index is 0.0905. The van der Waals surface area contributed by atoms with Crippen LogP contribution in [0.5, 0.6) is 0 Å². The quantitative estimate of drug-likeness (QED) is 0.819. The number of fused-ring (bicyclic) bond motifs is 1. The van der Waals surface area contributed by atoms with E-state index in [4.69, 9.17) is 5.73 Å². The molecule has 3 rings (SSSR count). The van der Waals surface area contributed by atoms with Gasteiger partial charge in [-0.15, -0.1) is 11.3 Å². The summed E-state index contributed by atoms with van der Waals surface area (Å²) in [5.74, 6) is -1.10. The molecule has 2 aromatic rings. The SMILES string of the molecule is CC1CCC(c2ccc3scnc3c2)N(C(=O)C(N)=O)C1. The van der Waals surface area contributed by atoms with Gasteiger partial charge in [0.05, 0.1) is 21.8 Å². The Morgan fingerprint density at radius 1 is 1.38 bits per heavy atom. The van der Waals surface area contributed by atoms with Crippen molar-refractivity contribution >= 4 is 33.4 Å². The predicted molar refractivity (Wildman–Crippen MR) is 81.7 cm³/mol. The van der Waals surface area contributed by atoms with Crippen LogP contribution in [-0.2, 0) is 9.59 Å². The molecule has 0 bridgehead atoms. The number of hydrogen-bond acceptors (Lipinski definition) is 4. The van der Waals surface area contributed by atoms with Gasteiger partial charge in [0.25, 0.3) is 0 Å². The van der Waals surface area contributed by atoms with Crippen molar-refractivity contribution in [1.82, 2.24) is 9.88 Å². The number of likely N-dealkylation sites (tertiary alicyclic amines) is 1. The number of nitrogens with zero attached hydrogens (tertiary/aromatic N) is 2. The minimum atomic E-state index is -0.885. The van der Waals surface area contributed by atoms with Crippen molar-refractivity contribution in [1.29, 1.82) is 0 Å². The van der Waals surface area contributed by atoms with Gasteiger partial charge in [-0.3, -0.25) is 9.59 Å². The van der Waals surface area contributed by atoms with Gasteiger partial charge in [0, 0.05) is 6.54 Å². The van der Waals surface area contributed by atoms with Crippen molar-refractivity contribution < 1.29 is 9.59 Å². The number of rotatable bonds is 1. The molecule has 2 heterocycles. The van der Waals surface area contributed by atoms with E-state index in [0.29, 0.717) is 12.5 Å². The molecule has 1 fully saturated rings. The minimum Gasteiger partial charge on any atom is -0.361 e. The van der Waals surface area contributed by atoms with Gasteiger partial charge in [-0.25, -0.2) is 4.98 Å². The van der Waals surface area contributed by atoms with Gasteiger partial charge in [0.15, 0.2) is 0 Å². The van der Waals surface area contributed by atoms with Crippen LogP contribution in [0.4, 0.5) is 0 Å². The Morgan fingerprint density at radius 2 is 2.19 bits per heavy atom. The van der Waals surface area contributed by atoms with Crippen LogP contribution in [0.3, 0.4) is 0 Å². The average molecular weight is 303 g/mol. The number of hydrogen-bond donors (Lipinski definition) is 1. The molecule has 1 aromatic heterocycles. The molecule has 1 aliphatic heterocycles. The number of nitrogens with two attached hydrogens (primary N) is 1. The van der Waals surface area contributed by atoms with E-state index in [1.165, 1.54) is 0 Å². The van der Waals surface area contributed by atoms with Crippen molar-refractivity contribution in [3.63, 3.8) is 0 Å². The smallest absolute Gasteiger partial charge is 0.312 e. The molecule has 1 saturated heterocycles. The molecular formula is C15H17N3O2S. The molecule has 0 aliphatic carbocycles. The molecule has 2 atom stereocenters. The van der Waals surface area contributed by atoms with Crippen molar-refractivity contribution in [2.45, 2.75) is 25.8 Å². The lowest BCUT2D eigenvalue weighted by Gasteiger charge is -2.38. The zero-order valence-electron chi connectivity index (χ0n) is 11.8. The van der Waals surface area contributed by atoms with E-state index in [9.17, 15) is 9.59 Å². The Hall–Kier alpha value is -1.95. The third-order valence-corrected chi connectivity index (χ3v) is 4.84. The highest BCUT2D eigenvalue weighted by molar-refractivity contribution is 7.16. The largest absolute Gasteiger partial charge is 0.361 e. The fraction of sp³-hybridized carbons (Fsp3) is 0.400. The Labute approximate surface area is 126 Å². The fourth-order valence-electron chi connectivity index (χ4n) is 2.95. The standard InChI is InChI=1S/C15H17N3O2S/c1-9-2-4-12(18(7-9)15(20)14(16)19)10-3-5-13-11(6-10)17-8-21-13/h3,5-6,8-9,12H,2,4,7H2,1H3,(H2,16,19). The van der Waals surface area contributed by atoms with Gasteiger partial charge in [-0.1, -0.05) is 13.0 Å². The maximum atomic E-state index is 12.1. The first-order chi connectivity index (χ1) is 10.1. The van der Waals surface area contributed by atoms with Crippen LogP contribution in [0, 0.1) is 5.92 Å². The summed E-state index contributed by atoms with van der Waals surface area (Å²) >= 11 is 1.59. The lowest BCUT2D eigenvalue weighted by atomic mass is 9.89. The number of carbonyl (C=O) groups is 2. The van der Waals surface area contributed by atoms with Crippen molar-refractivity contribution in [3.05, 3.63) is 29.3 Å². The monoisotopic (exact) mass is 303 g/mol. The van der Waals surface area contributed by atoms with Crippen LogP contribution in [0.2, 0.25) is 0 Å². The first-order valence-electron chi connectivity index (χ1n) is 7.00. The normalized spacial score (nSPS) is 22.4. The van der Waals surface area contributed by atoms with Gasteiger partial charge in [-0.05, 0) is 36.5 Å². The number of thiazole rings is 1. The molecule has 0 spiro atoms. The van der Waals surface area contributed by atoms with E-state index in [2.05, 4.69) is 11.9 Å². The van der Waals surface area contributed by atoms with Gasteiger partial charge in [0.1, 0.15) is 0 Å². The van der Waals surface area contributed by atoms with Crippen LogP contribution in [0.1, 0.15) is 31.4 Å². The number of primary amides is 1. The Kier molecular flexibility index (Phi) is 3.63. The topological polar surface area (TPSA) is 76.3 Å². The van der Waals surface area contributed by atoms with Crippen LogP contribution in [0.15, 0.2) is 23.7 Å². The van der Waals surface area contributed by atoms with E-state index in [0.717, 1.165) is 28.6 Å². The summed E-state index contributed by atoms with van der Waals surface area (Å²) in [6, 6.07) is 5.95. The maximum absolute atomic E-state index is 12.1. The summed E-state index contributed by atoms with van der Waals surface area (Å²) in [6.45, 7) is 2.66. The second kappa shape index (κ2) is 5.44. The summed E-state index contributed by atoms with van der Waals surface area (Å²) in [6.07, 6.45) is 1.87. The van der Waals surface area contributed by atoms with Gasteiger partial charge < -0.3 is 10.6 Å². The molecule has 6 heteroatoms. The van der Waals surface area contributed by atoms with Crippen LogP contribution >= 0.6 is 11.3 Å². The Bertz CT molecular complexity index is 697. The molecule has 0 saturated carbocycles. The van der Waals surface area contributed by atoms with Gasteiger partial charge in [0.2, 0.25) is 0 Å². The fourth-order valence-corrected chi connectivity index (χ4v) is 3.61. The summed E-state index contributed by atoms with van der Waals surface area (Å²) in [7, 11) is 0. The molecule has 0 radical (unpaired) electrons. The summed E-state index contributed by atoms with van der Waals surface area (Å²) in [4.78, 5) is 29.3. The predicted octanol–water partition coefficient (Wildman–Crippen LogP) is 2.08. The van der Waals surface area contributed by atoms with Crippen LogP contribution in [-0.4, -0.2) is 28.2 Å². The molecule has 2 N–H and O–H groups in total. The second-order valence-electron chi connectivity index (χ2n) is 5.60. The van der Waals surface area contributed by atoms with Crippen molar-refractivity contribution in [2.75, 3.05) is 6.54 Å². The highest BCUT2D eigenvalue weighted by atomic mass is 32.1. The average Bonchev–Trinajstić information content (AvgIpc) is 2.93. The molecule has 21 heavy (non-hydrogen) atoms. The van der Waals surface area contributed by atoms with Crippen molar-refractivity contribution in [3.8, 4) is 0 Å². The molecular weight excluding hydrogens is 286 g/mol. The number of aromatic nitrogens is 1.